The van der Waals surface area contributed by atoms with Crippen LogP contribution in [-0.4, -0.2) is 47.7 Å². The van der Waals surface area contributed by atoms with Crippen LogP contribution in [0.15, 0.2) is 42.3 Å². The van der Waals surface area contributed by atoms with E-state index >= 15 is 0 Å². The summed E-state index contributed by atoms with van der Waals surface area (Å²) in [5, 5.41) is 4.86. The Hall–Kier alpha value is -2.93. The van der Waals surface area contributed by atoms with Gasteiger partial charge in [-0.1, -0.05) is 12.6 Å². The van der Waals surface area contributed by atoms with Gasteiger partial charge in [-0.3, -0.25) is 14.4 Å². The van der Waals surface area contributed by atoms with Gasteiger partial charge in [0.25, 0.3) is 5.91 Å². The van der Waals surface area contributed by atoms with Crippen molar-refractivity contribution >= 4 is 34.7 Å². The third kappa shape index (κ3) is 4.14. The Labute approximate surface area is 168 Å². The molecule has 0 aliphatic carbocycles. The molecule has 2 heterocycles. The SMILES string of the molecule is C=CC(=O)N(C)CC(=O)Nc1cccc(C(=O)N2CCc3sccc3C2)c1C. The van der Waals surface area contributed by atoms with Crippen LogP contribution in [-0.2, 0) is 22.6 Å². The summed E-state index contributed by atoms with van der Waals surface area (Å²) in [7, 11) is 1.53. The number of rotatable bonds is 5. The van der Waals surface area contributed by atoms with Crippen molar-refractivity contribution in [3.63, 3.8) is 0 Å². The molecule has 0 atom stereocenters. The van der Waals surface area contributed by atoms with Crippen molar-refractivity contribution in [1.29, 1.82) is 0 Å². The van der Waals surface area contributed by atoms with Gasteiger partial charge in [-0.15, -0.1) is 11.3 Å². The van der Waals surface area contributed by atoms with Crippen LogP contribution in [0.3, 0.4) is 0 Å². The number of likely N-dealkylation sites (N-methyl/N-ethyl adjacent to an activating group) is 1. The third-order valence-electron chi connectivity index (χ3n) is 4.86. The molecule has 6 nitrogen and oxygen atoms in total. The Kier molecular flexibility index (Phi) is 5.94. The Morgan fingerprint density at radius 3 is 2.86 bits per heavy atom. The maximum absolute atomic E-state index is 13.0. The van der Waals surface area contributed by atoms with E-state index in [0.717, 1.165) is 18.1 Å². The van der Waals surface area contributed by atoms with Crippen molar-refractivity contribution < 1.29 is 14.4 Å². The van der Waals surface area contributed by atoms with E-state index in [-0.39, 0.29) is 24.3 Å². The molecule has 0 saturated heterocycles. The summed E-state index contributed by atoms with van der Waals surface area (Å²) in [5.41, 5.74) is 3.08. The minimum absolute atomic E-state index is 0.0376. The van der Waals surface area contributed by atoms with Gasteiger partial charge in [0.1, 0.15) is 0 Å². The first kappa shape index (κ1) is 19.8. The molecule has 1 aliphatic rings. The number of thiophene rings is 1. The topological polar surface area (TPSA) is 69.7 Å². The number of nitrogens with zero attached hydrogens (tertiary/aromatic N) is 2. The Morgan fingerprint density at radius 1 is 1.32 bits per heavy atom. The molecule has 0 bridgehead atoms. The second-order valence-corrected chi connectivity index (χ2v) is 7.77. The maximum Gasteiger partial charge on any atom is 0.254 e. The van der Waals surface area contributed by atoms with Crippen molar-refractivity contribution in [2.75, 3.05) is 25.5 Å². The minimum atomic E-state index is -0.328. The smallest absolute Gasteiger partial charge is 0.254 e. The van der Waals surface area contributed by atoms with E-state index in [1.54, 1.807) is 29.5 Å². The zero-order chi connectivity index (χ0) is 20.3. The highest BCUT2D eigenvalue weighted by atomic mass is 32.1. The molecule has 3 rings (SSSR count). The summed E-state index contributed by atoms with van der Waals surface area (Å²) in [6.45, 7) is 6.45. The normalized spacial score (nSPS) is 12.9. The molecule has 0 spiro atoms. The minimum Gasteiger partial charge on any atom is -0.334 e. The molecule has 1 aromatic carbocycles. The zero-order valence-corrected chi connectivity index (χ0v) is 16.8. The van der Waals surface area contributed by atoms with Crippen molar-refractivity contribution in [3.8, 4) is 0 Å². The van der Waals surface area contributed by atoms with Gasteiger partial charge in [0.2, 0.25) is 11.8 Å². The van der Waals surface area contributed by atoms with Gasteiger partial charge in [-0.05, 0) is 54.1 Å². The van der Waals surface area contributed by atoms with E-state index in [2.05, 4.69) is 23.3 Å². The molecular weight excluding hydrogens is 374 g/mol. The molecule has 1 aromatic heterocycles. The average Bonchev–Trinajstić information content (AvgIpc) is 3.16. The first-order chi connectivity index (χ1) is 13.4. The molecule has 1 N–H and O–H groups in total. The summed E-state index contributed by atoms with van der Waals surface area (Å²) in [5.74, 6) is -0.690. The van der Waals surface area contributed by atoms with Gasteiger partial charge in [0.15, 0.2) is 0 Å². The number of carbonyl (C=O) groups is 3. The van der Waals surface area contributed by atoms with Crippen LogP contribution in [0.5, 0.6) is 0 Å². The molecule has 1 aliphatic heterocycles. The molecule has 0 saturated carbocycles. The number of fused-ring (bicyclic) bond motifs is 1. The van der Waals surface area contributed by atoms with Crippen molar-refractivity contribution in [2.24, 2.45) is 0 Å². The predicted molar refractivity (Wildman–Crippen MR) is 110 cm³/mol. The largest absolute Gasteiger partial charge is 0.334 e. The number of hydrogen-bond donors (Lipinski definition) is 1. The summed E-state index contributed by atoms with van der Waals surface area (Å²) < 4.78 is 0. The molecule has 28 heavy (non-hydrogen) atoms. The first-order valence-electron chi connectivity index (χ1n) is 9.02. The fourth-order valence-corrected chi connectivity index (χ4v) is 4.12. The lowest BCUT2D eigenvalue weighted by molar-refractivity contribution is -0.129. The van der Waals surface area contributed by atoms with Gasteiger partial charge < -0.3 is 15.1 Å². The lowest BCUT2D eigenvalue weighted by Gasteiger charge is -2.28. The Balaban J connectivity index is 1.72. The van der Waals surface area contributed by atoms with Gasteiger partial charge in [-0.25, -0.2) is 0 Å². The fourth-order valence-electron chi connectivity index (χ4n) is 3.23. The highest BCUT2D eigenvalue weighted by molar-refractivity contribution is 7.10. The summed E-state index contributed by atoms with van der Waals surface area (Å²) in [6, 6.07) is 7.37. The van der Waals surface area contributed by atoms with E-state index in [0.29, 0.717) is 24.3 Å². The quantitative estimate of drug-likeness (QED) is 0.789. The Bertz CT molecular complexity index is 935. The number of hydrogen-bond acceptors (Lipinski definition) is 4. The van der Waals surface area contributed by atoms with Crippen LogP contribution in [0.1, 0.15) is 26.4 Å². The summed E-state index contributed by atoms with van der Waals surface area (Å²) in [4.78, 5) is 41.3. The van der Waals surface area contributed by atoms with E-state index < -0.39 is 0 Å². The van der Waals surface area contributed by atoms with Crippen LogP contribution in [0.25, 0.3) is 0 Å². The van der Waals surface area contributed by atoms with Crippen LogP contribution in [0.2, 0.25) is 0 Å². The fraction of sp³-hybridized carbons (Fsp3) is 0.286. The Morgan fingerprint density at radius 2 is 2.11 bits per heavy atom. The highest BCUT2D eigenvalue weighted by Crippen LogP contribution is 2.27. The number of anilines is 1. The molecule has 2 aromatic rings. The van der Waals surface area contributed by atoms with E-state index in [1.165, 1.54) is 22.4 Å². The third-order valence-corrected chi connectivity index (χ3v) is 5.89. The van der Waals surface area contributed by atoms with Crippen LogP contribution in [0, 0.1) is 6.92 Å². The number of nitrogens with one attached hydrogen (secondary N) is 1. The van der Waals surface area contributed by atoms with Gasteiger partial charge >= 0.3 is 0 Å². The van der Waals surface area contributed by atoms with Crippen molar-refractivity contribution in [1.82, 2.24) is 9.80 Å². The second kappa shape index (κ2) is 8.39. The van der Waals surface area contributed by atoms with Crippen molar-refractivity contribution in [2.45, 2.75) is 19.9 Å². The summed E-state index contributed by atoms with van der Waals surface area (Å²) in [6.07, 6.45) is 2.03. The molecule has 0 unspecified atom stereocenters. The number of benzene rings is 1. The molecule has 0 radical (unpaired) electrons. The predicted octanol–water partition coefficient (Wildman–Crippen LogP) is 2.84. The first-order valence-corrected chi connectivity index (χ1v) is 9.90. The summed E-state index contributed by atoms with van der Waals surface area (Å²) >= 11 is 1.74. The van der Waals surface area contributed by atoms with Gasteiger partial charge in [0.05, 0.1) is 6.54 Å². The lowest BCUT2D eigenvalue weighted by atomic mass is 10.0. The molecule has 3 amide bonds. The highest BCUT2D eigenvalue weighted by Gasteiger charge is 2.24. The standard InChI is InChI=1S/C21H23N3O3S/c1-4-20(26)23(3)13-19(25)22-17-7-5-6-16(14(17)2)21(27)24-10-8-18-15(12-24)9-11-28-18/h4-7,9,11H,1,8,10,12-13H2,2-3H3,(H,22,25). The monoisotopic (exact) mass is 397 g/mol. The van der Waals surface area contributed by atoms with Crippen LogP contribution >= 0.6 is 11.3 Å². The average molecular weight is 398 g/mol. The molecule has 0 fully saturated rings. The van der Waals surface area contributed by atoms with Gasteiger partial charge in [0, 0.05) is 36.3 Å². The molecule has 146 valence electrons. The van der Waals surface area contributed by atoms with E-state index in [4.69, 9.17) is 0 Å². The zero-order valence-electron chi connectivity index (χ0n) is 16.0. The second-order valence-electron chi connectivity index (χ2n) is 6.77. The van der Waals surface area contributed by atoms with Crippen LogP contribution in [0.4, 0.5) is 5.69 Å². The van der Waals surface area contributed by atoms with E-state index in [9.17, 15) is 14.4 Å². The number of amides is 3. The molecular formula is C21H23N3O3S. The lowest BCUT2D eigenvalue weighted by Crippen LogP contribution is -2.36. The van der Waals surface area contributed by atoms with Crippen LogP contribution < -0.4 is 5.32 Å². The van der Waals surface area contributed by atoms with Crippen molar-refractivity contribution in [3.05, 3.63) is 63.9 Å². The van der Waals surface area contributed by atoms with E-state index in [1.807, 2.05) is 11.8 Å². The van der Waals surface area contributed by atoms with Gasteiger partial charge in [-0.2, -0.15) is 0 Å². The number of carbonyl (C=O) groups excluding carboxylic acids is 3. The maximum atomic E-state index is 13.0. The molecule has 7 heteroatoms.